The zero-order valence-electron chi connectivity index (χ0n) is 12.0. The predicted octanol–water partition coefficient (Wildman–Crippen LogP) is 2.12. The Morgan fingerprint density at radius 2 is 2.00 bits per heavy atom. The Hall–Kier alpha value is -1.90. The van der Waals surface area contributed by atoms with E-state index in [4.69, 9.17) is 14.7 Å². The highest BCUT2D eigenvalue weighted by atomic mass is 16.7. The van der Waals surface area contributed by atoms with Crippen LogP contribution in [0.1, 0.15) is 13.8 Å². The minimum atomic E-state index is -0.992. The van der Waals surface area contributed by atoms with Gasteiger partial charge in [0.1, 0.15) is 11.6 Å². The Bertz CT molecular complexity index is 465. The van der Waals surface area contributed by atoms with Gasteiger partial charge in [0.25, 0.3) is 0 Å². The lowest BCUT2D eigenvalue weighted by atomic mass is 9.91. The van der Waals surface area contributed by atoms with E-state index in [0.717, 1.165) is 0 Å². The molecule has 0 amide bonds. The van der Waals surface area contributed by atoms with Crippen LogP contribution in [-0.2, 0) is 19.0 Å². The summed E-state index contributed by atoms with van der Waals surface area (Å²) in [6, 6.07) is 1.84. The summed E-state index contributed by atoms with van der Waals surface area (Å²) in [7, 11) is 1.24. The Morgan fingerprint density at radius 1 is 1.35 bits per heavy atom. The van der Waals surface area contributed by atoms with Crippen LogP contribution in [-0.4, -0.2) is 32.1 Å². The highest BCUT2D eigenvalue weighted by molar-refractivity contribution is 5.92. The molecule has 0 spiro atoms. The maximum absolute atomic E-state index is 11.5. The number of allylic oxidation sites excluding steroid dienone is 2. The van der Waals surface area contributed by atoms with Crippen molar-refractivity contribution in [3.8, 4) is 6.07 Å². The average molecular weight is 277 g/mol. The van der Waals surface area contributed by atoms with E-state index in [-0.39, 0.29) is 11.5 Å². The average Bonchev–Trinajstić information content (AvgIpc) is 2.46. The highest BCUT2D eigenvalue weighted by Gasteiger charge is 2.37. The summed E-state index contributed by atoms with van der Waals surface area (Å²) in [4.78, 5) is 11.5. The number of methoxy groups -OCH3 is 1. The molecule has 20 heavy (non-hydrogen) atoms. The van der Waals surface area contributed by atoms with Gasteiger partial charge in [-0.05, 0) is 26.0 Å². The Labute approximate surface area is 119 Å². The third-order valence-electron chi connectivity index (χ3n) is 2.83. The zero-order chi connectivity index (χ0) is 15.0. The van der Waals surface area contributed by atoms with Crippen LogP contribution in [0.3, 0.4) is 0 Å². The molecule has 0 bridgehead atoms. The minimum absolute atomic E-state index is 0.0683. The van der Waals surface area contributed by atoms with Crippen LogP contribution in [0.5, 0.6) is 0 Å². The molecule has 0 aromatic rings. The van der Waals surface area contributed by atoms with Crippen molar-refractivity contribution in [2.45, 2.75) is 19.6 Å². The van der Waals surface area contributed by atoms with Gasteiger partial charge in [-0.2, -0.15) is 5.26 Å². The van der Waals surface area contributed by atoms with Crippen LogP contribution in [0.15, 0.2) is 36.0 Å². The predicted molar refractivity (Wildman–Crippen MR) is 73.5 cm³/mol. The monoisotopic (exact) mass is 277 g/mol. The summed E-state index contributed by atoms with van der Waals surface area (Å²) < 4.78 is 16.0. The molecule has 5 heteroatoms. The molecule has 108 valence electrons. The Kier molecular flexibility index (Phi) is 6.16. The first kappa shape index (κ1) is 16.2. The van der Waals surface area contributed by atoms with E-state index in [9.17, 15) is 4.79 Å². The highest BCUT2D eigenvalue weighted by Crippen LogP contribution is 2.32. The van der Waals surface area contributed by atoms with Gasteiger partial charge >= 0.3 is 5.97 Å². The molecule has 0 aromatic heterocycles. The molecule has 1 unspecified atom stereocenters. The number of rotatable bonds is 6. The summed E-state index contributed by atoms with van der Waals surface area (Å²) in [5.41, 5.74) is -0.0683. The Balaban J connectivity index is 3.14. The SMILES string of the molecule is CCOC1(OCC)C=CC=CC1C=C(C#N)C(=O)OC. The molecule has 0 radical (unpaired) electrons. The number of esters is 1. The van der Waals surface area contributed by atoms with E-state index in [1.807, 2.05) is 38.1 Å². The van der Waals surface area contributed by atoms with Crippen molar-refractivity contribution >= 4 is 5.97 Å². The first-order chi connectivity index (χ1) is 9.63. The summed E-state index contributed by atoms with van der Waals surface area (Å²) in [6.07, 6.45) is 8.76. The third-order valence-corrected chi connectivity index (χ3v) is 2.83. The molecular formula is C15H19NO4. The molecule has 0 aromatic carbocycles. The fraction of sp³-hybridized carbons (Fsp3) is 0.467. The molecule has 0 aliphatic heterocycles. The number of hydrogen-bond donors (Lipinski definition) is 0. The van der Waals surface area contributed by atoms with Gasteiger partial charge in [-0.3, -0.25) is 0 Å². The molecular weight excluding hydrogens is 258 g/mol. The van der Waals surface area contributed by atoms with Gasteiger partial charge in [-0.25, -0.2) is 4.79 Å². The molecule has 0 heterocycles. The molecule has 0 fully saturated rings. The van der Waals surface area contributed by atoms with E-state index in [1.165, 1.54) is 13.2 Å². The number of carbonyl (C=O) groups excluding carboxylic acids is 1. The van der Waals surface area contributed by atoms with Gasteiger partial charge in [0, 0.05) is 13.2 Å². The second kappa shape index (κ2) is 7.63. The molecule has 0 saturated carbocycles. The standard InChI is InChI=1S/C15H19NO4/c1-4-19-15(20-5-2)9-7-6-8-13(15)10-12(11-16)14(17)18-3/h6-10,13H,4-5H2,1-3H3. The number of nitriles is 1. The maximum atomic E-state index is 11.5. The van der Waals surface area contributed by atoms with Crippen LogP contribution in [0.2, 0.25) is 0 Å². The van der Waals surface area contributed by atoms with E-state index >= 15 is 0 Å². The van der Waals surface area contributed by atoms with Crippen molar-refractivity contribution in [3.63, 3.8) is 0 Å². The third kappa shape index (κ3) is 3.56. The van der Waals surface area contributed by atoms with Crippen LogP contribution in [0, 0.1) is 17.2 Å². The smallest absolute Gasteiger partial charge is 0.348 e. The van der Waals surface area contributed by atoms with Gasteiger partial charge in [0.15, 0.2) is 5.79 Å². The zero-order valence-corrected chi connectivity index (χ0v) is 12.0. The lowest BCUT2D eigenvalue weighted by Gasteiger charge is -2.36. The molecule has 1 atom stereocenters. The molecule has 0 saturated heterocycles. The number of hydrogen-bond acceptors (Lipinski definition) is 5. The summed E-state index contributed by atoms with van der Waals surface area (Å²) in [5.74, 6) is -2.03. The van der Waals surface area contributed by atoms with E-state index in [2.05, 4.69) is 4.74 Å². The van der Waals surface area contributed by atoms with Crippen LogP contribution >= 0.6 is 0 Å². The summed E-state index contributed by atoms with van der Waals surface area (Å²) in [6.45, 7) is 4.61. The largest absolute Gasteiger partial charge is 0.465 e. The van der Waals surface area contributed by atoms with Crippen molar-refractivity contribution in [2.24, 2.45) is 5.92 Å². The molecule has 1 aliphatic rings. The first-order valence-electron chi connectivity index (χ1n) is 6.47. The van der Waals surface area contributed by atoms with Gasteiger partial charge in [-0.15, -0.1) is 0 Å². The van der Waals surface area contributed by atoms with Crippen LogP contribution in [0.25, 0.3) is 0 Å². The fourth-order valence-electron chi connectivity index (χ4n) is 2.01. The fourth-order valence-corrected chi connectivity index (χ4v) is 2.01. The summed E-state index contributed by atoms with van der Waals surface area (Å²) >= 11 is 0. The summed E-state index contributed by atoms with van der Waals surface area (Å²) in [5, 5.41) is 9.05. The molecule has 1 aliphatic carbocycles. The lowest BCUT2D eigenvalue weighted by molar-refractivity contribution is -0.214. The van der Waals surface area contributed by atoms with Crippen molar-refractivity contribution in [1.29, 1.82) is 5.26 Å². The van der Waals surface area contributed by atoms with Crippen molar-refractivity contribution in [3.05, 3.63) is 36.0 Å². The van der Waals surface area contributed by atoms with Gasteiger partial charge in [-0.1, -0.05) is 18.2 Å². The number of carbonyl (C=O) groups is 1. The van der Waals surface area contributed by atoms with Gasteiger partial charge in [0.05, 0.1) is 13.0 Å². The van der Waals surface area contributed by atoms with Gasteiger partial charge < -0.3 is 14.2 Å². The van der Waals surface area contributed by atoms with E-state index in [1.54, 1.807) is 6.08 Å². The normalized spacial score (nSPS) is 20.5. The molecule has 1 rings (SSSR count). The van der Waals surface area contributed by atoms with Crippen LogP contribution in [0.4, 0.5) is 0 Å². The maximum Gasteiger partial charge on any atom is 0.348 e. The van der Waals surface area contributed by atoms with Gasteiger partial charge in [0.2, 0.25) is 0 Å². The van der Waals surface area contributed by atoms with Crippen molar-refractivity contribution in [2.75, 3.05) is 20.3 Å². The second-order valence-corrected chi connectivity index (χ2v) is 4.04. The lowest BCUT2D eigenvalue weighted by Crippen LogP contribution is -2.41. The second-order valence-electron chi connectivity index (χ2n) is 4.04. The van der Waals surface area contributed by atoms with E-state index < -0.39 is 11.8 Å². The quantitative estimate of drug-likeness (QED) is 0.322. The molecule has 5 nitrogen and oxygen atoms in total. The first-order valence-corrected chi connectivity index (χ1v) is 6.47. The van der Waals surface area contributed by atoms with Crippen LogP contribution < -0.4 is 0 Å². The number of ether oxygens (including phenoxy) is 3. The minimum Gasteiger partial charge on any atom is -0.465 e. The van der Waals surface area contributed by atoms with Crippen molar-refractivity contribution < 1.29 is 19.0 Å². The van der Waals surface area contributed by atoms with E-state index in [0.29, 0.717) is 13.2 Å². The molecule has 0 N–H and O–H groups in total. The van der Waals surface area contributed by atoms with Crippen molar-refractivity contribution in [1.82, 2.24) is 0 Å². The Morgan fingerprint density at radius 3 is 2.50 bits per heavy atom. The number of nitrogens with zero attached hydrogens (tertiary/aromatic N) is 1. The topological polar surface area (TPSA) is 68.5 Å².